The van der Waals surface area contributed by atoms with Crippen molar-refractivity contribution in [3.63, 3.8) is 0 Å². The number of carbonyl (C=O) groups excluding carboxylic acids is 1. The molecule has 0 saturated heterocycles. The second-order valence-corrected chi connectivity index (χ2v) is 4.05. The van der Waals surface area contributed by atoms with Crippen LogP contribution in [0, 0.1) is 5.41 Å². The fraction of sp³-hybridized carbons (Fsp3) is 0.750. The Hall–Kier alpha value is -0.860. The topological polar surface area (TPSA) is 41.5 Å². The van der Waals surface area contributed by atoms with Crippen molar-refractivity contribution in [1.82, 2.24) is 5.32 Å². The van der Waals surface area contributed by atoms with E-state index in [-0.39, 0.29) is 11.3 Å². The molecule has 1 amide bonds. The molecule has 3 nitrogen and oxygen atoms in total. The zero-order valence-corrected chi connectivity index (χ0v) is 7.27. The van der Waals surface area contributed by atoms with E-state index >= 15 is 0 Å². The molecule has 1 N–H and O–H groups in total. The fourth-order valence-electron chi connectivity index (χ4n) is 1.01. The van der Waals surface area contributed by atoms with Gasteiger partial charge in [-0.15, -0.1) is 0 Å². The van der Waals surface area contributed by atoms with Gasteiger partial charge in [-0.1, -0.05) is 20.8 Å². The molecule has 1 heterocycles. The highest BCUT2D eigenvalue weighted by Gasteiger charge is 2.19. The lowest BCUT2D eigenvalue weighted by atomic mass is 9.92. The number of hydrogen-bond acceptors (Lipinski definition) is 2. The van der Waals surface area contributed by atoms with E-state index in [1.807, 2.05) is 0 Å². The molecule has 11 heavy (non-hydrogen) atoms. The van der Waals surface area contributed by atoms with Crippen LogP contribution in [0.4, 0.5) is 0 Å². The highest BCUT2D eigenvalue weighted by Crippen LogP contribution is 2.19. The molecule has 0 spiro atoms. The Morgan fingerprint density at radius 1 is 1.55 bits per heavy atom. The lowest BCUT2D eigenvalue weighted by Gasteiger charge is -2.17. The van der Waals surface area contributed by atoms with Crippen molar-refractivity contribution < 1.29 is 4.79 Å². The Morgan fingerprint density at radius 2 is 2.18 bits per heavy atom. The number of rotatable bonds is 1. The summed E-state index contributed by atoms with van der Waals surface area (Å²) in [5, 5.41) is 2.72. The number of amidine groups is 1. The molecule has 62 valence electrons. The quantitative estimate of drug-likeness (QED) is 0.600. The van der Waals surface area contributed by atoms with Crippen molar-refractivity contribution in [2.75, 3.05) is 6.54 Å². The number of aliphatic imine (C=N–C) groups is 1. The molecule has 0 fully saturated rings. The van der Waals surface area contributed by atoms with E-state index in [0.717, 1.165) is 12.3 Å². The maximum absolute atomic E-state index is 10.7. The summed E-state index contributed by atoms with van der Waals surface area (Å²) >= 11 is 0. The Kier molecular flexibility index (Phi) is 1.98. The molecule has 1 aliphatic rings. The van der Waals surface area contributed by atoms with Crippen LogP contribution in [-0.2, 0) is 4.79 Å². The molecule has 0 aromatic carbocycles. The van der Waals surface area contributed by atoms with Crippen molar-refractivity contribution in [2.24, 2.45) is 10.4 Å². The predicted octanol–water partition coefficient (Wildman–Crippen LogP) is 0.951. The van der Waals surface area contributed by atoms with E-state index in [2.05, 4.69) is 31.1 Å². The van der Waals surface area contributed by atoms with Gasteiger partial charge >= 0.3 is 0 Å². The molecule has 0 unspecified atom stereocenters. The maximum atomic E-state index is 10.7. The van der Waals surface area contributed by atoms with Gasteiger partial charge in [0.1, 0.15) is 12.4 Å². The Bertz CT molecular complexity index is 201. The Balaban J connectivity index is 2.46. The van der Waals surface area contributed by atoms with E-state index in [0.29, 0.717) is 6.54 Å². The smallest absolute Gasteiger partial charge is 0.246 e. The van der Waals surface area contributed by atoms with Gasteiger partial charge in [0.2, 0.25) is 5.91 Å². The van der Waals surface area contributed by atoms with Gasteiger partial charge < -0.3 is 5.32 Å². The third-order valence-corrected chi connectivity index (χ3v) is 1.40. The number of carbonyl (C=O) groups is 1. The largest absolute Gasteiger partial charge is 0.313 e. The first-order valence-corrected chi connectivity index (χ1v) is 3.80. The van der Waals surface area contributed by atoms with Crippen molar-refractivity contribution in [3.05, 3.63) is 0 Å². The summed E-state index contributed by atoms with van der Waals surface area (Å²) in [7, 11) is 0. The molecular formula is C8H14N2O. The summed E-state index contributed by atoms with van der Waals surface area (Å²) in [6.45, 7) is 6.69. The third-order valence-electron chi connectivity index (χ3n) is 1.40. The number of nitrogens with zero attached hydrogens (tertiary/aromatic N) is 1. The van der Waals surface area contributed by atoms with Crippen molar-refractivity contribution >= 4 is 11.7 Å². The van der Waals surface area contributed by atoms with E-state index < -0.39 is 0 Å². The van der Waals surface area contributed by atoms with Gasteiger partial charge in [-0.2, -0.15) is 0 Å². The van der Waals surface area contributed by atoms with Crippen LogP contribution in [0.3, 0.4) is 0 Å². The molecule has 1 rings (SSSR count). The minimum atomic E-state index is 0.0178. The molecular weight excluding hydrogens is 140 g/mol. The number of nitrogens with one attached hydrogen (secondary N) is 1. The van der Waals surface area contributed by atoms with E-state index in [9.17, 15) is 4.79 Å². The highest BCUT2D eigenvalue weighted by atomic mass is 16.2. The molecule has 1 aliphatic heterocycles. The van der Waals surface area contributed by atoms with Crippen LogP contribution in [0.15, 0.2) is 4.99 Å². The predicted molar refractivity (Wildman–Crippen MR) is 44.5 cm³/mol. The summed E-state index contributed by atoms with van der Waals surface area (Å²) in [6, 6.07) is 0. The maximum Gasteiger partial charge on any atom is 0.246 e. The van der Waals surface area contributed by atoms with Crippen LogP contribution >= 0.6 is 0 Å². The van der Waals surface area contributed by atoms with E-state index in [1.165, 1.54) is 0 Å². The molecule has 0 bridgehead atoms. The van der Waals surface area contributed by atoms with Gasteiger partial charge in [-0.05, 0) is 5.41 Å². The SMILES string of the molecule is CC(C)(C)CC1=NCC(=O)N1. The van der Waals surface area contributed by atoms with Crippen LogP contribution < -0.4 is 5.32 Å². The first-order valence-electron chi connectivity index (χ1n) is 3.80. The Labute approximate surface area is 66.9 Å². The average Bonchev–Trinajstić information content (AvgIpc) is 2.10. The van der Waals surface area contributed by atoms with Crippen LogP contribution in [-0.4, -0.2) is 18.3 Å². The zero-order chi connectivity index (χ0) is 8.48. The second kappa shape index (κ2) is 2.64. The monoisotopic (exact) mass is 154 g/mol. The Morgan fingerprint density at radius 3 is 2.55 bits per heavy atom. The van der Waals surface area contributed by atoms with Gasteiger partial charge in [0.15, 0.2) is 0 Å². The van der Waals surface area contributed by atoms with Crippen molar-refractivity contribution in [1.29, 1.82) is 0 Å². The summed E-state index contributed by atoms with van der Waals surface area (Å²) < 4.78 is 0. The highest BCUT2D eigenvalue weighted by molar-refractivity contribution is 6.04. The average molecular weight is 154 g/mol. The molecule has 0 saturated carbocycles. The van der Waals surface area contributed by atoms with E-state index in [1.54, 1.807) is 0 Å². The van der Waals surface area contributed by atoms with Crippen LogP contribution in [0.1, 0.15) is 27.2 Å². The lowest BCUT2D eigenvalue weighted by molar-refractivity contribution is -0.117. The first kappa shape index (κ1) is 8.24. The normalized spacial score (nSPS) is 18.1. The van der Waals surface area contributed by atoms with Gasteiger partial charge in [0.25, 0.3) is 0 Å². The molecule has 3 heteroatoms. The van der Waals surface area contributed by atoms with Crippen LogP contribution in [0.2, 0.25) is 0 Å². The summed E-state index contributed by atoms with van der Waals surface area (Å²) in [6.07, 6.45) is 0.846. The molecule has 0 aromatic rings. The third kappa shape index (κ3) is 2.70. The second-order valence-electron chi connectivity index (χ2n) is 4.05. The molecule has 0 aliphatic carbocycles. The van der Waals surface area contributed by atoms with Crippen LogP contribution in [0.25, 0.3) is 0 Å². The minimum absolute atomic E-state index is 0.0178. The van der Waals surface area contributed by atoms with E-state index in [4.69, 9.17) is 0 Å². The van der Waals surface area contributed by atoms with Gasteiger partial charge in [-0.25, -0.2) is 0 Å². The zero-order valence-electron chi connectivity index (χ0n) is 7.27. The summed E-state index contributed by atoms with van der Waals surface area (Å²) in [4.78, 5) is 14.8. The first-order chi connectivity index (χ1) is 4.97. The standard InChI is InChI=1S/C8H14N2O/c1-8(2,3)4-6-9-5-7(11)10-6/h4-5H2,1-3H3,(H,9,10,11). The summed E-state index contributed by atoms with van der Waals surface area (Å²) in [5.74, 6) is 0.853. The van der Waals surface area contributed by atoms with Gasteiger partial charge in [0, 0.05) is 6.42 Å². The number of amides is 1. The van der Waals surface area contributed by atoms with Gasteiger partial charge in [-0.3, -0.25) is 9.79 Å². The minimum Gasteiger partial charge on any atom is -0.313 e. The molecule has 0 atom stereocenters. The fourth-order valence-corrected chi connectivity index (χ4v) is 1.01. The molecule has 0 aromatic heterocycles. The lowest BCUT2D eigenvalue weighted by Crippen LogP contribution is -2.27. The number of hydrogen-bond donors (Lipinski definition) is 1. The van der Waals surface area contributed by atoms with Crippen molar-refractivity contribution in [3.8, 4) is 0 Å². The van der Waals surface area contributed by atoms with Gasteiger partial charge in [0.05, 0.1) is 0 Å². The molecule has 0 radical (unpaired) electrons. The van der Waals surface area contributed by atoms with Crippen LogP contribution in [0.5, 0.6) is 0 Å². The summed E-state index contributed by atoms with van der Waals surface area (Å²) in [5.41, 5.74) is 0.205. The van der Waals surface area contributed by atoms with Crippen molar-refractivity contribution in [2.45, 2.75) is 27.2 Å².